The molecule has 2 heterocycles. The Morgan fingerprint density at radius 2 is 1.87 bits per heavy atom. The fourth-order valence-electron chi connectivity index (χ4n) is 2.04. The van der Waals surface area contributed by atoms with Gasteiger partial charge in [0, 0.05) is 18.3 Å². The maximum Gasteiger partial charge on any atom is 0.471 e. The summed E-state index contributed by atoms with van der Waals surface area (Å²) in [5.41, 5.74) is 1.43. The van der Waals surface area contributed by atoms with Crippen LogP contribution in [0.3, 0.4) is 0 Å². The van der Waals surface area contributed by atoms with Crippen LogP contribution < -0.4 is 0 Å². The number of alkyl halides is 3. The summed E-state index contributed by atoms with van der Waals surface area (Å²) < 4.78 is 44.3. The highest BCUT2D eigenvalue weighted by atomic mass is 79.9. The quantitative estimate of drug-likeness (QED) is 0.680. The van der Waals surface area contributed by atoms with Gasteiger partial charge in [-0.05, 0) is 28.4 Å². The summed E-state index contributed by atoms with van der Waals surface area (Å²) in [4.78, 5) is 7.60. The molecule has 0 amide bonds. The second-order valence-corrected chi connectivity index (χ2v) is 5.67. The van der Waals surface area contributed by atoms with Gasteiger partial charge in [0.05, 0.1) is 0 Å². The minimum absolute atomic E-state index is 0.0922. The molecule has 3 aromatic rings. The smallest absolute Gasteiger partial charge is 0.330 e. The van der Waals surface area contributed by atoms with Crippen molar-refractivity contribution in [2.45, 2.75) is 19.6 Å². The first kappa shape index (κ1) is 15.7. The van der Waals surface area contributed by atoms with Gasteiger partial charge in [-0.15, -0.1) is 0 Å². The summed E-state index contributed by atoms with van der Waals surface area (Å²) in [6.45, 7) is 2.49. The number of aryl methyl sites for hydroxylation is 1. The van der Waals surface area contributed by atoms with Gasteiger partial charge in [0.1, 0.15) is 10.4 Å². The van der Waals surface area contributed by atoms with E-state index in [1.54, 1.807) is 24.3 Å². The van der Waals surface area contributed by atoms with E-state index in [0.29, 0.717) is 12.1 Å². The second-order valence-electron chi connectivity index (χ2n) is 4.86. The second kappa shape index (κ2) is 5.80. The molecule has 0 radical (unpaired) electrons. The van der Waals surface area contributed by atoms with E-state index in [1.807, 2.05) is 17.7 Å². The fourth-order valence-corrected chi connectivity index (χ4v) is 2.55. The van der Waals surface area contributed by atoms with Crippen molar-refractivity contribution in [3.63, 3.8) is 0 Å². The molecule has 0 bridgehead atoms. The Balaban J connectivity index is 1.79. The Hall–Kier alpha value is -2.16. The van der Waals surface area contributed by atoms with Gasteiger partial charge >= 0.3 is 12.1 Å². The van der Waals surface area contributed by atoms with Crippen LogP contribution in [0.25, 0.3) is 11.4 Å². The third kappa shape index (κ3) is 3.44. The molecule has 3 rings (SSSR count). The van der Waals surface area contributed by atoms with Gasteiger partial charge in [-0.1, -0.05) is 29.4 Å². The first-order valence-electron chi connectivity index (χ1n) is 6.52. The minimum Gasteiger partial charge on any atom is -0.330 e. The lowest BCUT2D eigenvalue weighted by atomic mass is 10.1. The summed E-state index contributed by atoms with van der Waals surface area (Å²) in [5, 5.41) is 3.36. The van der Waals surface area contributed by atoms with Crippen molar-refractivity contribution in [3.8, 4) is 11.4 Å². The van der Waals surface area contributed by atoms with Crippen LogP contribution in [0.5, 0.6) is 0 Å². The molecule has 0 saturated heterocycles. The van der Waals surface area contributed by atoms with Crippen LogP contribution in [0.4, 0.5) is 13.2 Å². The van der Waals surface area contributed by atoms with Crippen LogP contribution in [-0.4, -0.2) is 19.7 Å². The van der Waals surface area contributed by atoms with Crippen molar-refractivity contribution < 1.29 is 17.7 Å². The van der Waals surface area contributed by atoms with E-state index < -0.39 is 12.1 Å². The predicted octanol–water partition coefficient (Wildman–Crippen LogP) is 4.07. The minimum atomic E-state index is -4.64. The molecule has 0 fully saturated rings. The third-order valence-corrected chi connectivity index (χ3v) is 3.56. The number of halogens is 4. The topological polar surface area (TPSA) is 56.7 Å². The summed E-state index contributed by atoms with van der Waals surface area (Å²) in [7, 11) is 0. The largest absolute Gasteiger partial charge is 0.471 e. The number of hydrogen-bond donors (Lipinski definition) is 0. The van der Waals surface area contributed by atoms with Crippen LogP contribution in [-0.2, 0) is 12.7 Å². The van der Waals surface area contributed by atoms with Crippen molar-refractivity contribution in [2.75, 3.05) is 0 Å². The molecule has 2 aromatic heterocycles. The standard InChI is InChI=1S/C14H10BrF3N4O/c1-8-19-11(15)7-22(8)6-9-2-4-10(5-3-9)12-20-13(23-21-12)14(16,17)18/h2-5,7H,6H2,1H3. The van der Waals surface area contributed by atoms with E-state index in [9.17, 15) is 13.2 Å². The van der Waals surface area contributed by atoms with E-state index in [4.69, 9.17) is 0 Å². The number of imidazole rings is 1. The average Bonchev–Trinajstić information content (AvgIpc) is 3.07. The Morgan fingerprint density at radius 3 is 2.39 bits per heavy atom. The molecule has 23 heavy (non-hydrogen) atoms. The van der Waals surface area contributed by atoms with Gasteiger partial charge < -0.3 is 9.09 Å². The van der Waals surface area contributed by atoms with Gasteiger partial charge in [-0.2, -0.15) is 18.2 Å². The van der Waals surface area contributed by atoms with Gasteiger partial charge in [-0.25, -0.2) is 4.98 Å². The van der Waals surface area contributed by atoms with Gasteiger partial charge in [0.15, 0.2) is 0 Å². The first-order valence-corrected chi connectivity index (χ1v) is 7.32. The molecule has 0 aliphatic carbocycles. The normalized spacial score (nSPS) is 11.9. The molecular formula is C14H10BrF3N4O. The Morgan fingerprint density at radius 1 is 1.17 bits per heavy atom. The molecule has 5 nitrogen and oxygen atoms in total. The lowest BCUT2D eigenvalue weighted by Crippen LogP contribution is -2.04. The monoisotopic (exact) mass is 386 g/mol. The highest BCUT2D eigenvalue weighted by molar-refractivity contribution is 9.10. The van der Waals surface area contributed by atoms with E-state index in [-0.39, 0.29) is 5.82 Å². The van der Waals surface area contributed by atoms with Crippen molar-refractivity contribution in [1.29, 1.82) is 0 Å². The molecule has 0 atom stereocenters. The van der Waals surface area contributed by atoms with Crippen LogP contribution in [0.2, 0.25) is 0 Å². The molecule has 120 valence electrons. The number of hydrogen-bond acceptors (Lipinski definition) is 4. The molecule has 0 spiro atoms. The van der Waals surface area contributed by atoms with Crippen molar-refractivity contribution in [1.82, 2.24) is 19.7 Å². The predicted molar refractivity (Wildman–Crippen MR) is 78.5 cm³/mol. The number of nitrogens with zero attached hydrogens (tertiary/aromatic N) is 4. The first-order chi connectivity index (χ1) is 10.8. The molecule has 0 aliphatic heterocycles. The lowest BCUT2D eigenvalue weighted by molar-refractivity contribution is -0.159. The van der Waals surface area contributed by atoms with E-state index in [1.165, 1.54) is 0 Å². The molecule has 0 aliphatic rings. The Labute approximate surface area is 137 Å². The summed E-state index contributed by atoms with van der Waals surface area (Å²) in [6.07, 6.45) is -2.78. The zero-order chi connectivity index (χ0) is 16.6. The Bertz CT molecular complexity index is 823. The van der Waals surface area contributed by atoms with Crippen molar-refractivity contribution in [3.05, 3.63) is 52.3 Å². The molecule has 0 N–H and O–H groups in total. The van der Waals surface area contributed by atoms with Crippen LogP contribution in [0.15, 0.2) is 39.6 Å². The lowest BCUT2D eigenvalue weighted by Gasteiger charge is -2.05. The highest BCUT2D eigenvalue weighted by Crippen LogP contribution is 2.29. The number of aromatic nitrogens is 4. The van der Waals surface area contributed by atoms with Crippen LogP contribution >= 0.6 is 15.9 Å². The van der Waals surface area contributed by atoms with E-state index in [0.717, 1.165) is 16.0 Å². The van der Waals surface area contributed by atoms with Gasteiger partial charge in [0.2, 0.25) is 5.82 Å². The van der Waals surface area contributed by atoms with Crippen molar-refractivity contribution in [2.24, 2.45) is 0 Å². The number of rotatable bonds is 3. The number of benzene rings is 1. The molecule has 0 unspecified atom stereocenters. The Kier molecular flexibility index (Phi) is 3.97. The SMILES string of the molecule is Cc1nc(Br)cn1Cc1ccc(-c2noc(C(F)(F)F)n2)cc1. The van der Waals surface area contributed by atoms with E-state index >= 15 is 0 Å². The van der Waals surface area contributed by atoms with Crippen LogP contribution in [0.1, 0.15) is 17.3 Å². The maximum atomic E-state index is 12.5. The maximum absolute atomic E-state index is 12.5. The molecular weight excluding hydrogens is 377 g/mol. The summed E-state index contributed by atoms with van der Waals surface area (Å²) >= 11 is 3.31. The van der Waals surface area contributed by atoms with Crippen LogP contribution in [0, 0.1) is 6.92 Å². The van der Waals surface area contributed by atoms with Crippen molar-refractivity contribution >= 4 is 15.9 Å². The van der Waals surface area contributed by atoms with Gasteiger partial charge in [0.25, 0.3) is 0 Å². The fraction of sp³-hybridized carbons (Fsp3) is 0.214. The van der Waals surface area contributed by atoms with Gasteiger partial charge in [-0.3, -0.25) is 0 Å². The molecule has 1 aromatic carbocycles. The molecule has 0 saturated carbocycles. The highest BCUT2D eigenvalue weighted by Gasteiger charge is 2.38. The van der Waals surface area contributed by atoms with E-state index in [2.05, 4.69) is 35.6 Å². The third-order valence-electron chi connectivity index (χ3n) is 3.18. The molecule has 9 heteroatoms. The average molecular weight is 387 g/mol. The summed E-state index contributed by atoms with van der Waals surface area (Å²) in [6, 6.07) is 6.90. The zero-order valence-electron chi connectivity index (χ0n) is 11.8. The zero-order valence-corrected chi connectivity index (χ0v) is 13.4. The summed E-state index contributed by atoms with van der Waals surface area (Å²) in [5.74, 6) is -0.588.